The number of rotatable bonds is 6. The van der Waals surface area contributed by atoms with Crippen LogP contribution in [0.25, 0.3) is 10.9 Å². The third-order valence-electron chi connectivity index (χ3n) is 3.87. The summed E-state index contributed by atoms with van der Waals surface area (Å²) in [6, 6.07) is 17.3. The average molecular weight is 321 g/mol. The molecule has 4 nitrogen and oxygen atoms in total. The average Bonchev–Trinajstić information content (AvgIpc) is 2.61. The van der Waals surface area contributed by atoms with Gasteiger partial charge in [0, 0.05) is 10.9 Å². The predicted molar refractivity (Wildman–Crippen MR) is 93.5 cm³/mol. The Morgan fingerprint density at radius 1 is 1.08 bits per heavy atom. The van der Waals surface area contributed by atoms with Crippen LogP contribution < -0.4 is 4.74 Å². The molecular formula is C20H19NO3. The van der Waals surface area contributed by atoms with Gasteiger partial charge in [0.2, 0.25) is 0 Å². The van der Waals surface area contributed by atoms with E-state index in [1.807, 2.05) is 61.5 Å². The van der Waals surface area contributed by atoms with E-state index in [9.17, 15) is 9.90 Å². The Balaban J connectivity index is 2.11. The van der Waals surface area contributed by atoms with Gasteiger partial charge in [0.05, 0.1) is 5.52 Å². The van der Waals surface area contributed by atoms with Crippen LogP contribution in [0, 0.1) is 0 Å². The summed E-state index contributed by atoms with van der Waals surface area (Å²) in [5, 5.41) is 10.4. The van der Waals surface area contributed by atoms with Gasteiger partial charge in [0.1, 0.15) is 12.4 Å². The molecular weight excluding hydrogens is 302 g/mol. The lowest BCUT2D eigenvalue weighted by atomic mass is 10.0. The normalized spacial score (nSPS) is 10.7. The van der Waals surface area contributed by atoms with E-state index in [0.717, 1.165) is 17.4 Å². The Bertz CT molecular complexity index is 859. The van der Waals surface area contributed by atoms with Gasteiger partial charge in [-0.25, -0.2) is 9.78 Å². The number of para-hydroxylation sites is 1. The van der Waals surface area contributed by atoms with Crippen LogP contribution in [0.15, 0.2) is 54.6 Å². The number of ether oxygens (including phenoxy) is 1. The predicted octanol–water partition coefficient (Wildman–Crippen LogP) is 4.46. The van der Waals surface area contributed by atoms with Gasteiger partial charge in [-0.3, -0.25) is 0 Å². The maximum absolute atomic E-state index is 11.6. The quantitative estimate of drug-likeness (QED) is 0.728. The fourth-order valence-electron chi connectivity index (χ4n) is 2.77. The van der Waals surface area contributed by atoms with Crippen LogP contribution in [-0.4, -0.2) is 16.1 Å². The summed E-state index contributed by atoms with van der Waals surface area (Å²) in [6.45, 7) is 2.41. The number of benzene rings is 2. The first-order valence-corrected chi connectivity index (χ1v) is 8.02. The number of carboxylic acid groups (broad SMARTS) is 1. The Morgan fingerprint density at radius 3 is 2.50 bits per heavy atom. The minimum Gasteiger partial charge on any atom is -0.488 e. The molecule has 0 saturated heterocycles. The molecule has 0 amide bonds. The molecule has 0 atom stereocenters. The number of aromatic nitrogens is 1. The van der Waals surface area contributed by atoms with Gasteiger partial charge in [-0.05, 0) is 24.1 Å². The van der Waals surface area contributed by atoms with E-state index in [1.54, 1.807) is 0 Å². The molecule has 122 valence electrons. The molecule has 0 fully saturated rings. The second kappa shape index (κ2) is 7.13. The number of aromatic carboxylic acids is 1. The third kappa shape index (κ3) is 3.23. The van der Waals surface area contributed by atoms with E-state index in [0.29, 0.717) is 29.9 Å². The van der Waals surface area contributed by atoms with Crippen LogP contribution in [0.5, 0.6) is 5.75 Å². The van der Waals surface area contributed by atoms with Crippen molar-refractivity contribution in [2.75, 3.05) is 0 Å². The zero-order chi connectivity index (χ0) is 16.9. The van der Waals surface area contributed by atoms with E-state index >= 15 is 0 Å². The first kappa shape index (κ1) is 16.0. The van der Waals surface area contributed by atoms with Gasteiger partial charge >= 0.3 is 5.97 Å². The highest BCUT2D eigenvalue weighted by molar-refractivity contribution is 5.95. The molecule has 3 aromatic rings. The standard InChI is InChI=1S/C20H19NO3/c1-2-8-16-18(20(22)23)21-17-12-7-6-11-15(17)19(16)24-13-14-9-4-3-5-10-14/h3-7,9-12H,2,8,13H2,1H3,(H,22,23). The molecule has 1 heterocycles. The molecule has 2 aromatic carbocycles. The summed E-state index contributed by atoms with van der Waals surface area (Å²) < 4.78 is 6.08. The molecule has 3 rings (SSSR count). The van der Waals surface area contributed by atoms with E-state index in [1.165, 1.54) is 0 Å². The fraction of sp³-hybridized carbons (Fsp3) is 0.200. The van der Waals surface area contributed by atoms with Crippen LogP contribution in [0.2, 0.25) is 0 Å². The van der Waals surface area contributed by atoms with E-state index < -0.39 is 5.97 Å². The zero-order valence-electron chi connectivity index (χ0n) is 13.5. The van der Waals surface area contributed by atoms with Gasteiger partial charge in [-0.2, -0.15) is 0 Å². The van der Waals surface area contributed by atoms with Gasteiger partial charge in [-0.1, -0.05) is 55.8 Å². The molecule has 24 heavy (non-hydrogen) atoms. The first-order chi connectivity index (χ1) is 11.7. The number of carbonyl (C=O) groups is 1. The number of pyridine rings is 1. The zero-order valence-corrected chi connectivity index (χ0v) is 13.5. The minimum absolute atomic E-state index is 0.0820. The van der Waals surface area contributed by atoms with E-state index in [4.69, 9.17) is 4.74 Å². The van der Waals surface area contributed by atoms with E-state index in [-0.39, 0.29) is 5.69 Å². The molecule has 0 unspecified atom stereocenters. The monoisotopic (exact) mass is 321 g/mol. The first-order valence-electron chi connectivity index (χ1n) is 8.02. The molecule has 0 bridgehead atoms. The fourth-order valence-corrected chi connectivity index (χ4v) is 2.77. The van der Waals surface area contributed by atoms with Crippen LogP contribution in [-0.2, 0) is 13.0 Å². The molecule has 0 saturated carbocycles. The highest BCUT2D eigenvalue weighted by Crippen LogP contribution is 2.32. The second-order valence-electron chi connectivity index (χ2n) is 5.61. The molecule has 4 heteroatoms. The van der Waals surface area contributed by atoms with Gasteiger partial charge in [0.15, 0.2) is 5.69 Å². The minimum atomic E-state index is -1.02. The summed E-state index contributed by atoms with van der Waals surface area (Å²) in [5.74, 6) is -0.391. The van der Waals surface area contributed by atoms with Gasteiger partial charge in [-0.15, -0.1) is 0 Å². The van der Waals surface area contributed by atoms with Crippen LogP contribution in [0.1, 0.15) is 35.0 Å². The van der Waals surface area contributed by atoms with Crippen molar-refractivity contribution in [1.29, 1.82) is 0 Å². The largest absolute Gasteiger partial charge is 0.488 e. The van der Waals surface area contributed by atoms with Gasteiger partial charge < -0.3 is 9.84 Å². The molecule has 0 spiro atoms. The van der Waals surface area contributed by atoms with Gasteiger partial charge in [0.25, 0.3) is 0 Å². The highest BCUT2D eigenvalue weighted by Gasteiger charge is 2.20. The van der Waals surface area contributed by atoms with Crippen molar-refractivity contribution < 1.29 is 14.6 Å². The summed E-state index contributed by atoms with van der Waals surface area (Å²) in [4.78, 5) is 16.0. The smallest absolute Gasteiger partial charge is 0.354 e. The highest BCUT2D eigenvalue weighted by atomic mass is 16.5. The topological polar surface area (TPSA) is 59.4 Å². The van der Waals surface area contributed by atoms with Crippen molar-refractivity contribution in [3.8, 4) is 5.75 Å². The SMILES string of the molecule is CCCc1c(C(=O)O)nc2ccccc2c1OCc1ccccc1. The third-order valence-corrected chi connectivity index (χ3v) is 3.87. The molecule has 0 radical (unpaired) electrons. The molecule has 1 aromatic heterocycles. The van der Waals surface area contributed by atoms with Crippen molar-refractivity contribution in [2.45, 2.75) is 26.4 Å². The summed E-state index contributed by atoms with van der Waals surface area (Å²) >= 11 is 0. The summed E-state index contributed by atoms with van der Waals surface area (Å²) in [6.07, 6.45) is 1.44. The van der Waals surface area contributed by atoms with Crippen molar-refractivity contribution >= 4 is 16.9 Å². The lowest BCUT2D eigenvalue weighted by Gasteiger charge is -2.16. The Morgan fingerprint density at radius 2 is 1.79 bits per heavy atom. The number of fused-ring (bicyclic) bond motifs is 1. The van der Waals surface area contributed by atoms with Crippen LogP contribution in [0.4, 0.5) is 0 Å². The number of carboxylic acids is 1. The van der Waals surface area contributed by atoms with E-state index in [2.05, 4.69) is 4.98 Å². The molecule has 1 N–H and O–H groups in total. The second-order valence-corrected chi connectivity index (χ2v) is 5.61. The van der Waals surface area contributed by atoms with Crippen molar-refractivity contribution in [3.05, 3.63) is 71.4 Å². The number of nitrogens with zero attached hydrogens (tertiary/aromatic N) is 1. The molecule has 0 aliphatic rings. The van der Waals surface area contributed by atoms with Crippen molar-refractivity contribution in [1.82, 2.24) is 4.98 Å². The summed E-state index contributed by atoms with van der Waals surface area (Å²) in [5.41, 5.74) is 2.42. The lowest BCUT2D eigenvalue weighted by Crippen LogP contribution is -2.10. The lowest BCUT2D eigenvalue weighted by molar-refractivity contribution is 0.0689. The Labute approximate surface area is 140 Å². The molecule has 0 aliphatic carbocycles. The number of hydrogen-bond acceptors (Lipinski definition) is 3. The van der Waals surface area contributed by atoms with Crippen molar-refractivity contribution in [3.63, 3.8) is 0 Å². The van der Waals surface area contributed by atoms with Crippen molar-refractivity contribution in [2.24, 2.45) is 0 Å². The van der Waals surface area contributed by atoms with Crippen LogP contribution >= 0.6 is 0 Å². The maximum Gasteiger partial charge on any atom is 0.354 e. The Kier molecular flexibility index (Phi) is 4.75. The van der Waals surface area contributed by atoms with Crippen LogP contribution in [0.3, 0.4) is 0 Å². The molecule has 0 aliphatic heterocycles. The summed E-state index contributed by atoms with van der Waals surface area (Å²) in [7, 11) is 0. The number of hydrogen-bond donors (Lipinski definition) is 1. The Hall–Kier alpha value is -2.88. The maximum atomic E-state index is 11.6.